The third kappa shape index (κ3) is 1.74. The summed E-state index contributed by atoms with van der Waals surface area (Å²) in [4.78, 5) is 12.1. The van der Waals surface area contributed by atoms with Crippen LogP contribution in [-0.4, -0.2) is 11.1 Å². The van der Waals surface area contributed by atoms with Crippen LogP contribution in [0.5, 0.6) is 0 Å². The van der Waals surface area contributed by atoms with Crippen LogP contribution in [0.4, 0.5) is 11.4 Å². The van der Waals surface area contributed by atoms with Crippen molar-refractivity contribution in [3.63, 3.8) is 0 Å². The fraction of sp³-hybridized carbons (Fsp3) is 0. The first-order chi connectivity index (χ1) is 6.75. The van der Waals surface area contributed by atoms with Crippen LogP contribution in [0.15, 0.2) is 28.4 Å². The van der Waals surface area contributed by atoms with Crippen LogP contribution in [-0.2, 0) is 0 Å². The summed E-state index contributed by atoms with van der Waals surface area (Å²) in [5.41, 5.74) is 6.61. The minimum Gasteiger partial charge on any atom is -0.398 e. The average Bonchev–Trinajstić information content (AvgIpc) is 2.75. The summed E-state index contributed by atoms with van der Waals surface area (Å²) in [5.74, 6) is -0.213. The first kappa shape index (κ1) is 8.76. The highest BCUT2D eigenvalue weighted by Crippen LogP contribution is 2.17. The van der Waals surface area contributed by atoms with E-state index in [9.17, 15) is 4.79 Å². The number of amides is 1. The molecule has 0 bridgehead atoms. The number of aromatic nitrogens is 1. The molecule has 0 spiro atoms. The molecule has 0 aliphatic rings. The van der Waals surface area contributed by atoms with Gasteiger partial charge < -0.3 is 15.6 Å². The van der Waals surface area contributed by atoms with Crippen LogP contribution >= 0.6 is 11.3 Å². The Morgan fingerprint density at radius 2 is 2.50 bits per heavy atom. The molecule has 0 radical (unpaired) electrons. The Balaban J connectivity index is 2.10. The lowest BCUT2D eigenvalue weighted by molar-refractivity contribution is 0.103. The summed E-state index contributed by atoms with van der Waals surface area (Å²) in [6.07, 6.45) is 2.78. The average molecular weight is 209 g/mol. The van der Waals surface area contributed by atoms with Crippen molar-refractivity contribution in [3.05, 3.63) is 28.8 Å². The number of rotatable bonds is 2. The van der Waals surface area contributed by atoms with Gasteiger partial charge in [-0.2, -0.15) is 0 Å². The van der Waals surface area contributed by atoms with Gasteiger partial charge in [-0.05, 0) is 6.07 Å². The Bertz CT molecular complexity index is 435. The zero-order valence-electron chi connectivity index (χ0n) is 7.06. The molecule has 1 amide bonds. The first-order valence-electron chi connectivity index (χ1n) is 3.80. The number of thiophene rings is 1. The highest BCUT2D eigenvalue weighted by Gasteiger charge is 2.08. The zero-order valence-corrected chi connectivity index (χ0v) is 7.88. The van der Waals surface area contributed by atoms with E-state index in [0.29, 0.717) is 16.3 Å². The van der Waals surface area contributed by atoms with E-state index in [1.165, 1.54) is 23.8 Å². The Hall–Kier alpha value is -1.82. The Labute approximate surface area is 83.5 Å². The maximum atomic E-state index is 11.5. The van der Waals surface area contributed by atoms with Gasteiger partial charge in [0.2, 0.25) is 0 Å². The quantitative estimate of drug-likeness (QED) is 0.786. The summed E-state index contributed by atoms with van der Waals surface area (Å²) >= 11 is 1.29. The number of hydrogen-bond acceptors (Lipinski definition) is 5. The number of nitrogens with zero attached hydrogens (tertiary/aromatic N) is 1. The zero-order chi connectivity index (χ0) is 9.97. The number of nitrogens with two attached hydrogens (primary N) is 1. The van der Waals surface area contributed by atoms with Gasteiger partial charge in [-0.3, -0.25) is 4.79 Å². The van der Waals surface area contributed by atoms with Crippen molar-refractivity contribution < 1.29 is 9.32 Å². The largest absolute Gasteiger partial charge is 0.398 e. The maximum absolute atomic E-state index is 11.5. The lowest BCUT2D eigenvalue weighted by atomic mass is 10.4. The van der Waals surface area contributed by atoms with Gasteiger partial charge in [0.05, 0.1) is 11.1 Å². The molecule has 2 aromatic heterocycles. The number of nitrogen functional groups attached to an aromatic ring is 1. The van der Waals surface area contributed by atoms with Gasteiger partial charge in [-0.25, -0.2) is 0 Å². The van der Waals surface area contributed by atoms with E-state index < -0.39 is 0 Å². The van der Waals surface area contributed by atoms with Gasteiger partial charge in [0, 0.05) is 11.1 Å². The molecule has 0 atom stereocenters. The van der Waals surface area contributed by atoms with Gasteiger partial charge in [-0.15, -0.1) is 11.3 Å². The molecule has 0 aliphatic heterocycles. The molecule has 2 rings (SSSR count). The van der Waals surface area contributed by atoms with Crippen molar-refractivity contribution in [2.24, 2.45) is 0 Å². The van der Waals surface area contributed by atoms with Crippen LogP contribution in [0.1, 0.15) is 9.67 Å². The molecule has 0 unspecified atom stereocenters. The van der Waals surface area contributed by atoms with Crippen LogP contribution in [0.3, 0.4) is 0 Å². The smallest absolute Gasteiger partial charge is 0.265 e. The van der Waals surface area contributed by atoms with Gasteiger partial charge in [0.15, 0.2) is 0 Å². The third-order valence-corrected chi connectivity index (χ3v) is 2.48. The van der Waals surface area contributed by atoms with Gasteiger partial charge >= 0.3 is 0 Å². The van der Waals surface area contributed by atoms with E-state index in [0.717, 1.165) is 0 Å². The maximum Gasteiger partial charge on any atom is 0.265 e. The van der Waals surface area contributed by atoms with E-state index in [2.05, 4.69) is 15.0 Å². The van der Waals surface area contributed by atoms with E-state index in [1.54, 1.807) is 11.4 Å². The number of carbonyl (C=O) groups excluding carboxylic acids is 1. The minimum atomic E-state index is -0.213. The molecular weight excluding hydrogens is 202 g/mol. The Kier molecular flexibility index (Phi) is 2.19. The molecule has 0 aromatic carbocycles. The SMILES string of the molecule is Nc1csc(C(=O)Nc2cnoc2)c1. The van der Waals surface area contributed by atoms with E-state index in [-0.39, 0.29) is 5.91 Å². The van der Waals surface area contributed by atoms with E-state index in [4.69, 9.17) is 5.73 Å². The molecule has 6 heteroatoms. The molecular formula is C8H7N3O2S. The molecule has 2 heterocycles. The monoisotopic (exact) mass is 209 g/mol. The van der Waals surface area contributed by atoms with Crippen LogP contribution in [0, 0.1) is 0 Å². The molecule has 0 aliphatic carbocycles. The Morgan fingerprint density at radius 1 is 1.64 bits per heavy atom. The molecule has 14 heavy (non-hydrogen) atoms. The molecule has 3 N–H and O–H groups in total. The fourth-order valence-corrected chi connectivity index (χ4v) is 1.62. The minimum absolute atomic E-state index is 0.213. The van der Waals surface area contributed by atoms with Crippen molar-refractivity contribution >= 4 is 28.6 Å². The molecule has 5 nitrogen and oxygen atoms in total. The Morgan fingerprint density at radius 3 is 3.07 bits per heavy atom. The summed E-state index contributed by atoms with van der Waals surface area (Å²) in [7, 11) is 0. The van der Waals surface area contributed by atoms with Gasteiger partial charge in [0.1, 0.15) is 12.0 Å². The number of nitrogens with one attached hydrogen (secondary N) is 1. The van der Waals surface area contributed by atoms with Crippen LogP contribution in [0.25, 0.3) is 0 Å². The van der Waals surface area contributed by atoms with Gasteiger partial charge in [0.25, 0.3) is 5.91 Å². The highest BCUT2D eigenvalue weighted by molar-refractivity contribution is 7.12. The number of anilines is 2. The van der Waals surface area contributed by atoms with Crippen molar-refractivity contribution in [3.8, 4) is 0 Å². The van der Waals surface area contributed by atoms with Crippen LogP contribution < -0.4 is 11.1 Å². The summed E-state index contributed by atoms with van der Waals surface area (Å²) in [5, 5.41) is 7.79. The summed E-state index contributed by atoms with van der Waals surface area (Å²) < 4.78 is 4.57. The summed E-state index contributed by atoms with van der Waals surface area (Å²) in [6, 6.07) is 1.62. The van der Waals surface area contributed by atoms with Crippen LogP contribution in [0.2, 0.25) is 0 Å². The highest BCUT2D eigenvalue weighted by atomic mass is 32.1. The standard InChI is InChI=1S/C8H7N3O2S/c9-5-1-7(14-4-5)8(12)11-6-2-10-13-3-6/h1-4H,9H2,(H,11,12). The summed E-state index contributed by atoms with van der Waals surface area (Å²) in [6.45, 7) is 0. The number of hydrogen-bond donors (Lipinski definition) is 2. The van der Waals surface area contributed by atoms with Crippen molar-refractivity contribution in [1.29, 1.82) is 0 Å². The van der Waals surface area contributed by atoms with E-state index >= 15 is 0 Å². The fourth-order valence-electron chi connectivity index (χ4n) is 0.929. The molecule has 0 saturated carbocycles. The number of carbonyl (C=O) groups is 1. The predicted octanol–water partition coefficient (Wildman–Crippen LogP) is 1.57. The van der Waals surface area contributed by atoms with E-state index in [1.807, 2.05) is 0 Å². The molecule has 2 aromatic rings. The predicted molar refractivity (Wildman–Crippen MR) is 53.2 cm³/mol. The van der Waals surface area contributed by atoms with Crippen molar-refractivity contribution in [1.82, 2.24) is 5.16 Å². The second-order valence-corrected chi connectivity index (χ2v) is 3.52. The van der Waals surface area contributed by atoms with Crippen molar-refractivity contribution in [2.45, 2.75) is 0 Å². The second kappa shape index (κ2) is 3.51. The van der Waals surface area contributed by atoms with Crippen molar-refractivity contribution in [2.75, 3.05) is 11.1 Å². The normalized spacial score (nSPS) is 10.0. The first-order valence-corrected chi connectivity index (χ1v) is 4.68. The lowest BCUT2D eigenvalue weighted by Crippen LogP contribution is -2.09. The molecule has 0 fully saturated rings. The third-order valence-electron chi connectivity index (χ3n) is 1.53. The topological polar surface area (TPSA) is 81.2 Å². The van der Waals surface area contributed by atoms with Gasteiger partial charge in [-0.1, -0.05) is 5.16 Å². The molecule has 72 valence electrons. The second-order valence-electron chi connectivity index (χ2n) is 2.61. The molecule has 0 saturated heterocycles. The lowest BCUT2D eigenvalue weighted by Gasteiger charge is -1.96.